The first-order valence-corrected chi connectivity index (χ1v) is 6.12. The van der Waals surface area contributed by atoms with Gasteiger partial charge in [0.2, 0.25) is 0 Å². The van der Waals surface area contributed by atoms with Gasteiger partial charge in [0.05, 0.1) is 0 Å². The molecule has 0 saturated carbocycles. The van der Waals surface area contributed by atoms with Crippen LogP contribution in [-0.2, 0) is 12.8 Å². The van der Waals surface area contributed by atoms with E-state index >= 15 is 0 Å². The van der Waals surface area contributed by atoms with Crippen molar-refractivity contribution in [2.24, 2.45) is 0 Å². The molecule has 0 amide bonds. The minimum absolute atomic E-state index is 0.928. The van der Waals surface area contributed by atoms with E-state index in [4.69, 9.17) is 0 Å². The molecule has 0 radical (unpaired) electrons. The third-order valence-electron chi connectivity index (χ3n) is 1.76. The summed E-state index contributed by atoms with van der Waals surface area (Å²) in [6, 6.07) is 5.97. The Morgan fingerprint density at radius 1 is 1.21 bits per heavy atom. The summed E-state index contributed by atoms with van der Waals surface area (Å²) < 4.78 is 0.999. The third-order valence-corrected chi connectivity index (χ3v) is 3.41. The van der Waals surface area contributed by atoms with Crippen LogP contribution < -0.4 is 0 Å². The van der Waals surface area contributed by atoms with E-state index in [0.29, 0.717) is 0 Å². The van der Waals surface area contributed by atoms with Gasteiger partial charge in [0.1, 0.15) is 5.01 Å². The van der Waals surface area contributed by atoms with Gasteiger partial charge in [0, 0.05) is 18.3 Å². The molecule has 2 aromatic rings. The number of hydrogen-bond donors (Lipinski definition) is 0. The molecular weight excluding hydrogens is 309 g/mol. The van der Waals surface area contributed by atoms with Crippen molar-refractivity contribution in [1.29, 1.82) is 0 Å². The van der Waals surface area contributed by atoms with Crippen molar-refractivity contribution in [3.63, 3.8) is 0 Å². The highest BCUT2D eigenvalue weighted by atomic mass is 127. The van der Waals surface area contributed by atoms with Crippen LogP contribution in [0.25, 0.3) is 0 Å². The lowest BCUT2D eigenvalue weighted by Crippen LogP contribution is -1.92. The molecule has 0 unspecified atom stereocenters. The number of nitrogens with zero attached hydrogens (tertiary/aromatic N) is 3. The Kier molecular flexibility index (Phi) is 3.41. The zero-order valence-corrected chi connectivity index (χ0v) is 10.3. The lowest BCUT2D eigenvalue weighted by atomic mass is 10.2. The molecule has 0 spiro atoms. The molecule has 0 saturated heterocycles. The molecule has 0 bridgehead atoms. The predicted octanol–water partition coefficient (Wildman–Crippen LogP) is 2.32. The zero-order chi connectivity index (χ0) is 9.80. The lowest BCUT2D eigenvalue weighted by Gasteiger charge is -1.95. The molecule has 72 valence electrons. The number of aryl methyl sites for hydroxylation is 2. The molecule has 3 nitrogen and oxygen atoms in total. The third kappa shape index (κ3) is 2.71. The van der Waals surface area contributed by atoms with Crippen molar-refractivity contribution in [2.45, 2.75) is 12.8 Å². The standard InChI is InChI=1S/C9H8IN3S/c10-9-13-12-8(14-9)5-4-7-3-1-2-6-11-7/h1-3,6H,4-5H2. The van der Waals surface area contributed by atoms with Crippen LogP contribution in [0.5, 0.6) is 0 Å². The van der Waals surface area contributed by atoms with E-state index in [1.807, 2.05) is 24.4 Å². The summed E-state index contributed by atoms with van der Waals surface area (Å²) in [6.45, 7) is 0. The van der Waals surface area contributed by atoms with Gasteiger partial charge in [-0.2, -0.15) is 0 Å². The van der Waals surface area contributed by atoms with Gasteiger partial charge in [0.15, 0.2) is 3.01 Å². The van der Waals surface area contributed by atoms with Crippen LogP contribution in [0.4, 0.5) is 0 Å². The van der Waals surface area contributed by atoms with Crippen LogP contribution in [-0.4, -0.2) is 15.2 Å². The topological polar surface area (TPSA) is 38.7 Å². The van der Waals surface area contributed by atoms with Crippen molar-refractivity contribution in [3.05, 3.63) is 38.1 Å². The Morgan fingerprint density at radius 2 is 2.14 bits per heavy atom. The molecule has 2 rings (SSSR count). The first-order valence-electron chi connectivity index (χ1n) is 4.22. The van der Waals surface area contributed by atoms with Gasteiger partial charge in [-0.3, -0.25) is 4.98 Å². The van der Waals surface area contributed by atoms with Gasteiger partial charge in [-0.15, -0.1) is 10.2 Å². The first-order chi connectivity index (χ1) is 6.84. The summed E-state index contributed by atoms with van der Waals surface area (Å²) >= 11 is 3.83. The maximum absolute atomic E-state index is 4.26. The molecule has 2 heterocycles. The van der Waals surface area contributed by atoms with E-state index in [0.717, 1.165) is 26.6 Å². The molecule has 5 heteroatoms. The van der Waals surface area contributed by atoms with Gasteiger partial charge in [-0.05, 0) is 41.1 Å². The molecule has 0 aromatic carbocycles. The molecule has 0 aliphatic heterocycles. The molecule has 0 fully saturated rings. The Morgan fingerprint density at radius 3 is 2.79 bits per heavy atom. The Bertz CT molecular complexity index is 401. The minimum atomic E-state index is 0.928. The van der Waals surface area contributed by atoms with Crippen LogP contribution in [0.15, 0.2) is 24.4 Å². The summed E-state index contributed by atoms with van der Waals surface area (Å²) in [5, 5.41) is 9.11. The SMILES string of the molecule is Ic1nnc(CCc2ccccn2)s1. The second-order valence-corrected chi connectivity index (χ2v) is 5.59. The highest BCUT2D eigenvalue weighted by Gasteiger charge is 2.01. The van der Waals surface area contributed by atoms with Gasteiger partial charge in [0.25, 0.3) is 0 Å². The van der Waals surface area contributed by atoms with E-state index in [9.17, 15) is 0 Å². The number of halogens is 1. The predicted molar refractivity (Wildman–Crippen MR) is 64.3 cm³/mol. The smallest absolute Gasteiger partial charge is 0.178 e. The van der Waals surface area contributed by atoms with Crippen LogP contribution >= 0.6 is 33.9 Å². The average Bonchev–Trinajstić information content (AvgIpc) is 2.63. The molecule has 0 aliphatic carbocycles. The summed E-state index contributed by atoms with van der Waals surface area (Å²) in [6.07, 6.45) is 3.68. The fourth-order valence-corrected chi connectivity index (χ4v) is 2.55. The second-order valence-electron chi connectivity index (χ2n) is 2.77. The van der Waals surface area contributed by atoms with Crippen LogP contribution in [0, 0.1) is 3.01 Å². The highest BCUT2D eigenvalue weighted by molar-refractivity contribution is 14.1. The van der Waals surface area contributed by atoms with Crippen molar-refractivity contribution in [1.82, 2.24) is 15.2 Å². The number of pyridine rings is 1. The largest absolute Gasteiger partial charge is 0.261 e. The van der Waals surface area contributed by atoms with E-state index in [2.05, 4.69) is 37.8 Å². The molecule has 2 aromatic heterocycles. The van der Waals surface area contributed by atoms with Crippen molar-refractivity contribution in [2.75, 3.05) is 0 Å². The van der Waals surface area contributed by atoms with Crippen molar-refractivity contribution in [3.8, 4) is 0 Å². The maximum Gasteiger partial charge on any atom is 0.178 e. The summed E-state index contributed by atoms with van der Waals surface area (Å²) in [5.74, 6) is 0. The Hall–Kier alpha value is -0.560. The summed E-state index contributed by atoms with van der Waals surface area (Å²) in [7, 11) is 0. The highest BCUT2D eigenvalue weighted by Crippen LogP contribution is 2.13. The Balaban J connectivity index is 1.95. The molecule has 0 N–H and O–H groups in total. The van der Waals surface area contributed by atoms with Gasteiger partial charge in [-0.25, -0.2) is 0 Å². The molecular formula is C9H8IN3S. The number of aromatic nitrogens is 3. The Labute approximate surface area is 99.7 Å². The van der Waals surface area contributed by atoms with Crippen LogP contribution in [0.1, 0.15) is 10.7 Å². The van der Waals surface area contributed by atoms with E-state index < -0.39 is 0 Å². The lowest BCUT2D eigenvalue weighted by molar-refractivity contribution is 0.874. The van der Waals surface area contributed by atoms with E-state index in [1.54, 1.807) is 11.3 Å². The molecule has 0 atom stereocenters. The molecule has 0 aliphatic rings. The quantitative estimate of drug-likeness (QED) is 0.816. The number of rotatable bonds is 3. The minimum Gasteiger partial charge on any atom is -0.261 e. The van der Waals surface area contributed by atoms with Crippen molar-refractivity contribution < 1.29 is 0 Å². The first kappa shape index (κ1) is 9.97. The van der Waals surface area contributed by atoms with E-state index in [-0.39, 0.29) is 0 Å². The fourth-order valence-electron chi connectivity index (χ4n) is 1.12. The number of hydrogen-bond acceptors (Lipinski definition) is 4. The van der Waals surface area contributed by atoms with Crippen LogP contribution in [0.2, 0.25) is 0 Å². The molecule has 14 heavy (non-hydrogen) atoms. The van der Waals surface area contributed by atoms with Crippen LogP contribution in [0.3, 0.4) is 0 Å². The average molecular weight is 317 g/mol. The monoisotopic (exact) mass is 317 g/mol. The summed E-state index contributed by atoms with van der Waals surface area (Å²) in [4.78, 5) is 4.26. The fraction of sp³-hybridized carbons (Fsp3) is 0.222. The normalized spacial score (nSPS) is 10.4. The van der Waals surface area contributed by atoms with Gasteiger partial charge in [-0.1, -0.05) is 17.4 Å². The zero-order valence-electron chi connectivity index (χ0n) is 7.35. The maximum atomic E-state index is 4.26. The second kappa shape index (κ2) is 4.79. The van der Waals surface area contributed by atoms with Crippen molar-refractivity contribution >= 4 is 33.9 Å². The van der Waals surface area contributed by atoms with Gasteiger partial charge < -0.3 is 0 Å². The van der Waals surface area contributed by atoms with E-state index in [1.165, 1.54) is 0 Å². The van der Waals surface area contributed by atoms with Gasteiger partial charge >= 0.3 is 0 Å². The summed E-state index contributed by atoms with van der Waals surface area (Å²) in [5.41, 5.74) is 1.11.